The lowest BCUT2D eigenvalue weighted by atomic mass is 9.95. The van der Waals surface area contributed by atoms with Crippen LogP contribution in [-0.2, 0) is 0 Å². The monoisotopic (exact) mass is 1870 g/mol. The second-order valence-corrected chi connectivity index (χ2v) is 36.8. The highest BCUT2D eigenvalue weighted by Gasteiger charge is 2.32. The summed E-state index contributed by atoms with van der Waals surface area (Å²) >= 11 is 0. The number of hydrogen-bond donors (Lipinski definition) is 0. The maximum absolute atomic E-state index is 10.9. The third kappa shape index (κ3) is 12.5. The van der Waals surface area contributed by atoms with Gasteiger partial charge in [-0.1, -0.05) is 297 Å². The molecule has 15 nitrogen and oxygen atoms in total. The molecule has 30 aromatic rings. The lowest BCUT2D eigenvalue weighted by Crippen LogP contribution is -2.05. The molecule has 0 fully saturated rings. The zero-order valence-electron chi connectivity index (χ0n) is 78.2. The summed E-state index contributed by atoms with van der Waals surface area (Å²) in [4.78, 5) is 15.8. The van der Waals surface area contributed by atoms with E-state index in [0.717, 1.165) is 242 Å². The van der Waals surface area contributed by atoms with E-state index in [9.17, 15) is 10.5 Å². The molecule has 0 saturated carbocycles. The molecule has 0 aliphatic heterocycles. The van der Waals surface area contributed by atoms with Gasteiger partial charge in [0, 0.05) is 126 Å². The molecule has 21 aromatic carbocycles. The molecule has 147 heavy (non-hydrogen) atoms. The van der Waals surface area contributed by atoms with E-state index < -0.39 is 0 Å². The van der Waals surface area contributed by atoms with Crippen LogP contribution in [0, 0.1) is 49.0 Å². The Balaban J connectivity index is 0.000000107. The molecule has 9 heterocycles. The molecule has 0 bridgehead atoms. The topological polar surface area (TPSA) is 134 Å². The van der Waals surface area contributed by atoms with Gasteiger partial charge >= 0.3 is 0 Å². The van der Waals surface area contributed by atoms with E-state index >= 15 is 0 Å². The Labute approximate surface area is 838 Å². The fourth-order valence-corrected chi connectivity index (χ4v) is 23.3. The van der Waals surface area contributed by atoms with Crippen molar-refractivity contribution in [1.82, 2.24) is 27.4 Å². The molecule has 0 N–H and O–H groups in total. The van der Waals surface area contributed by atoms with Gasteiger partial charge in [0.15, 0.2) is 17.0 Å². The van der Waals surface area contributed by atoms with Crippen molar-refractivity contribution in [3.8, 4) is 79.6 Å². The Kier molecular flexibility index (Phi) is 19.0. The zero-order valence-corrected chi connectivity index (χ0v) is 78.2. The van der Waals surface area contributed by atoms with Gasteiger partial charge in [0.2, 0.25) is 11.4 Å². The Morgan fingerprint density at radius 2 is 0.585 bits per heavy atom. The van der Waals surface area contributed by atoms with Crippen molar-refractivity contribution in [2.75, 3.05) is 0 Å². The predicted octanol–water partition coefficient (Wildman–Crippen LogP) is 36.3. The van der Waals surface area contributed by atoms with Gasteiger partial charge in [-0.15, -0.1) is 0 Å². The largest absolute Gasteiger partial charge is 0.456 e. The van der Waals surface area contributed by atoms with Crippen LogP contribution in [0.3, 0.4) is 0 Å². The molecule has 0 amide bonds. The van der Waals surface area contributed by atoms with Gasteiger partial charge < -0.3 is 40.7 Å². The number of aromatic nitrogens is 6. The number of para-hydroxylation sites is 15. The average Bonchev–Trinajstić information content (AvgIpc) is 1.59. The van der Waals surface area contributed by atoms with Crippen LogP contribution in [-0.4, -0.2) is 27.4 Å². The molecule has 0 saturated heterocycles. The molecule has 0 atom stereocenters. The summed E-state index contributed by atoms with van der Waals surface area (Å²) in [7, 11) is 0. The second-order valence-electron chi connectivity index (χ2n) is 36.8. The van der Waals surface area contributed by atoms with E-state index in [1.54, 1.807) is 18.2 Å². The third-order valence-corrected chi connectivity index (χ3v) is 29.3. The molecular formula is C132H72N12O3. The normalized spacial score (nSPS) is 11.6. The first-order valence-corrected chi connectivity index (χ1v) is 48.3. The van der Waals surface area contributed by atoms with Crippen LogP contribution in [0.25, 0.3) is 284 Å². The van der Waals surface area contributed by atoms with Crippen LogP contribution in [0.4, 0.5) is 22.7 Å². The van der Waals surface area contributed by atoms with E-state index in [-0.39, 0.29) is 0 Å². The summed E-state index contributed by atoms with van der Waals surface area (Å²) in [5.74, 6) is 0. The molecular weight excluding hydrogens is 1800 g/mol. The summed E-state index contributed by atoms with van der Waals surface area (Å²) in [6.45, 7) is 32.8. The zero-order chi connectivity index (χ0) is 97.9. The van der Waals surface area contributed by atoms with Gasteiger partial charge in [0.1, 0.15) is 40.1 Å². The quantitative estimate of drug-likeness (QED) is 0.133. The summed E-state index contributed by atoms with van der Waals surface area (Å²) < 4.78 is 32.9. The molecule has 0 aliphatic rings. The molecule has 15 heteroatoms. The second kappa shape index (κ2) is 33.2. The highest BCUT2D eigenvalue weighted by Crippen LogP contribution is 2.54. The molecule has 30 rings (SSSR count). The average molecular weight is 1870 g/mol. The standard InChI is InChI=1S/3C44H24N4O/c1-45-27-23-35(44(36(24-27)46-2)48-39-20-10-3-13-28(39)29-14-4-11-21-40(29)48)31-16-6-9-19-38(31)47-37-18-8-5-15-30(37)33-25-34-32-17-7-12-22-42(32)49-43(34)26-41(33)47;1-45-34-25-23-32(44(42(34)46-2)48-35-18-8-3-13-27(35)28-14-4-9-19-36(28)48)30-16-6-11-21-38(30)47-37-20-10-5-15-29(37)31-24-26-40-41(43(31)47)33-17-7-12-22-39(33)49-40;45-25-27-21-22-33(30-13-3-8-18-39(30)47-37-16-6-1-11-28(37)29-12-2-7-17-38(29)47)42(36(27)26-46)48-40-19-9-4-14-31(40)34-23-24-35-32-15-5-10-20-41(32)49-44(35)43(34)48/h2*3-26H;1-24H. The highest BCUT2D eigenvalue weighted by molar-refractivity contribution is 6.27. The van der Waals surface area contributed by atoms with Crippen LogP contribution in [0.5, 0.6) is 0 Å². The van der Waals surface area contributed by atoms with Crippen molar-refractivity contribution in [1.29, 1.82) is 10.5 Å². The lowest BCUT2D eigenvalue weighted by Gasteiger charge is -2.20. The van der Waals surface area contributed by atoms with Crippen LogP contribution in [0.15, 0.2) is 450 Å². The van der Waals surface area contributed by atoms with Crippen molar-refractivity contribution in [3.05, 3.63) is 494 Å². The smallest absolute Gasteiger partial charge is 0.218 e. The van der Waals surface area contributed by atoms with Crippen molar-refractivity contribution in [3.63, 3.8) is 0 Å². The van der Waals surface area contributed by atoms with Gasteiger partial charge in [0.25, 0.3) is 0 Å². The number of rotatable bonds is 9. The van der Waals surface area contributed by atoms with Crippen molar-refractivity contribution < 1.29 is 13.3 Å². The fourth-order valence-electron chi connectivity index (χ4n) is 23.3. The molecule has 0 spiro atoms. The van der Waals surface area contributed by atoms with Gasteiger partial charge in [-0.05, 0) is 145 Å². The van der Waals surface area contributed by atoms with E-state index in [2.05, 4.69) is 338 Å². The Morgan fingerprint density at radius 1 is 0.211 bits per heavy atom. The molecule has 9 aromatic heterocycles. The van der Waals surface area contributed by atoms with Crippen LogP contribution < -0.4 is 0 Å². The van der Waals surface area contributed by atoms with E-state index in [4.69, 9.17) is 39.5 Å². The fraction of sp³-hybridized carbons (Fsp3) is 0. The van der Waals surface area contributed by atoms with Crippen molar-refractivity contribution in [2.45, 2.75) is 0 Å². The molecule has 678 valence electrons. The number of furan rings is 3. The van der Waals surface area contributed by atoms with Gasteiger partial charge in [-0.3, -0.25) is 4.85 Å². The van der Waals surface area contributed by atoms with Crippen LogP contribution in [0.1, 0.15) is 11.1 Å². The number of hydrogen-bond acceptors (Lipinski definition) is 5. The first kappa shape index (κ1) is 83.9. The number of nitrogens with zero attached hydrogens (tertiary/aromatic N) is 12. The lowest BCUT2D eigenvalue weighted by molar-refractivity contribution is 0.669. The minimum Gasteiger partial charge on any atom is -0.456 e. The Morgan fingerprint density at radius 3 is 1.09 bits per heavy atom. The summed E-state index contributed by atoms with van der Waals surface area (Å²) in [6.07, 6.45) is 0. The van der Waals surface area contributed by atoms with Crippen molar-refractivity contribution in [2.24, 2.45) is 0 Å². The Bertz CT molecular complexity index is 11100. The highest BCUT2D eigenvalue weighted by atomic mass is 16.3. The Hall–Kier alpha value is -21.2. The minimum absolute atomic E-state index is 0.313. The van der Waals surface area contributed by atoms with Gasteiger partial charge in [-0.25, -0.2) is 14.5 Å². The minimum atomic E-state index is 0.313. The third-order valence-electron chi connectivity index (χ3n) is 29.3. The number of nitriles is 2. The number of fused-ring (bicyclic) bond motifs is 29. The van der Waals surface area contributed by atoms with Gasteiger partial charge in [-0.2, -0.15) is 10.5 Å². The summed E-state index contributed by atoms with van der Waals surface area (Å²) in [5, 5.41) is 40.9. The van der Waals surface area contributed by atoms with Crippen LogP contribution in [0.2, 0.25) is 0 Å². The maximum atomic E-state index is 10.9. The summed E-state index contributed by atoms with van der Waals surface area (Å²) in [5.41, 5.74) is 29.5. The van der Waals surface area contributed by atoms with E-state index in [1.165, 1.54) is 10.8 Å². The van der Waals surface area contributed by atoms with Gasteiger partial charge in [0.05, 0.1) is 137 Å². The first-order valence-electron chi connectivity index (χ1n) is 48.3. The molecule has 0 aliphatic carbocycles. The predicted molar refractivity (Wildman–Crippen MR) is 598 cm³/mol. The molecule has 0 radical (unpaired) electrons. The number of benzene rings is 21. The van der Waals surface area contributed by atoms with E-state index in [1.807, 2.05) is 140 Å². The first-order chi connectivity index (χ1) is 72.8. The maximum Gasteiger partial charge on any atom is 0.218 e. The van der Waals surface area contributed by atoms with Crippen molar-refractivity contribution >= 4 is 219 Å². The van der Waals surface area contributed by atoms with E-state index in [0.29, 0.717) is 45.3 Å². The SMILES string of the molecule is N#Cc1ccc(-c2ccccc2-n2c3ccccc3c3ccccc32)c(-n2c3ccccc3c3ccc4c5ccccc5oc4c32)c1C#N.[C-]#[N+]c1cc([N+]#[C-])c(-n2c3ccccc3c3ccccc32)c(-c2ccccc2-n2c3ccccc3c3cc4c(cc32)oc2ccccc24)c1.[C-]#[N+]c1ccc(-c2ccccc2-n2c3ccccc3c3ccc4oc5ccccc5c4c32)c(-n2c3ccccc3c3ccccc32)c1[N+]#[C-]. The van der Waals surface area contributed by atoms with Crippen LogP contribution >= 0.6 is 0 Å². The molecule has 0 unspecified atom stereocenters. The summed E-state index contributed by atoms with van der Waals surface area (Å²) in [6, 6.07) is 154.